The zero-order valence-corrected chi connectivity index (χ0v) is 9.20. The van der Waals surface area contributed by atoms with E-state index in [1.54, 1.807) is 0 Å². The van der Waals surface area contributed by atoms with E-state index in [4.69, 9.17) is 11.5 Å². The van der Waals surface area contributed by atoms with Gasteiger partial charge in [-0.3, -0.25) is 0 Å². The summed E-state index contributed by atoms with van der Waals surface area (Å²) in [5, 5.41) is 18.7. The standard InChI is InChI=1S/C10H16N2O2.ClH/c11-5-1-2-9(12)8-6-7(13)3-4-10(8)14;/h3-4,6,9,13-14H,1-2,5,11-12H2;1H/t9-;/m0./s1. The van der Waals surface area contributed by atoms with Crippen molar-refractivity contribution in [2.45, 2.75) is 18.9 Å². The van der Waals surface area contributed by atoms with Gasteiger partial charge in [0.15, 0.2) is 0 Å². The summed E-state index contributed by atoms with van der Waals surface area (Å²) in [7, 11) is 0. The smallest absolute Gasteiger partial charge is 0.120 e. The fourth-order valence-corrected chi connectivity index (χ4v) is 1.33. The summed E-state index contributed by atoms with van der Waals surface area (Å²) in [5.74, 6) is 0.230. The van der Waals surface area contributed by atoms with Crippen molar-refractivity contribution in [2.75, 3.05) is 6.54 Å². The first-order chi connectivity index (χ1) is 6.65. The Hall–Kier alpha value is -0.970. The van der Waals surface area contributed by atoms with Crippen LogP contribution >= 0.6 is 12.4 Å². The number of benzene rings is 1. The maximum absolute atomic E-state index is 9.48. The van der Waals surface area contributed by atoms with E-state index in [1.165, 1.54) is 18.2 Å². The Morgan fingerprint density at radius 2 is 1.93 bits per heavy atom. The molecular weight excluding hydrogens is 216 g/mol. The number of hydrogen-bond acceptors (Lipinski definition) is 4. The van der Waals surface area contributed by atoms with Gasteiger partial charge in [-0.2, -0.15) is 0 Å². The molecule has 0 aliphatic carbocycles. The SMILES string of the molecule is Cl.NCCC[C@H](N)c1cc(O)ccc1O. The number of aromatic hydroxyl groups is 2. The number of hydrogen-bond donors (Lipinski definition) is 4. The highest BCUT2D eigenvalue weighted by atomic mass is 35.5. The van der Waals surface area contributed by atoms with Crippen molar-refractivity contribution in [3.8, 4) is 11.5 Å². The first-order valence-electron chi connectivity index (χ1n) is 4.62. The molecule has 1 aromatic carbocycles. The molecule has 0 fully saturated rings. The van der Waals surface area contributed by atoms with Crippen LogP contribution < -0.4 is 11.5 Å². The molecule has 1 rings (SSSR count). The second-order valence-corrected chi connectivity index (χ2v) is 3.28. The van der Waals surface area contributed by atoms with Gasteiger partial charge < -0.3 is 21.7 Å². The predicted octanol–water partition coefficient (Wildman–Crippen LogP) is 1.26. The zero-order chi connectivity index (χ0) is 10.6. The van der Waals surface area contributed by atoms with Gasteiger partial charge in [0.1, 0.15) is 11.5 Å². The Morgan fingerprint density at radius 3 is 2.53 bits per heavy atom. The Bertz CT molecular complexity index is 307. The molecule has 0 aromatic heterocycles. The Kier molecular flexibility index (Phi) is 6.08. The molecule has 15 heavy (non-hydrogen) atoms. The highest BCUT2D eigenvalue weighted by Gasteiger charge is 2.10. The van der Waals surface area contributed by atoms with Gasteiger partial charge in [-0.1, -0.05) is 0 Å². The number of halogens is 1. The zero-order valence-electron chi connectivity index (χ0n) is 8.39. The van der Waals surface area contributed by atoms with Crippen molar-refractivity contribution >= 4 is 12.4 Å². The normalized spacial score (nSPS) is 11.9. The summed E-state index contributed by atoms with van der Waals surface area (Å²) in [6.07, 6.45) is 1.50. The summed E-state index contributed by atoms with van der Waals surface area (Å²) < 4.78 is 0. The Labute approximate surface area is 95.3 Å². The lowest BCUT2D eigenvalue weighted by Gasteiger charge is -2.13. The molecule has 6 N–H and O–H groups in total. The Morgan fingerprint density at radius 1 is 1.27 bits per heavy atom. The average Bonchev–Trinajstić information content (AvgIpc) is 2.18. The molecule has 0 heterocycles. The molecule has 0 saturated carbocycles. The van der Waals surface area contributed by atoms with Crippen LogP contribution in [-0.4, -0.2) is 16.8 Å². The van der Waals surface area contributed by atoms with E-state index < -0.39 is 0 Å². The predicted molar refractivity (Wildman–Crippen MR) is 62.2 cm³/mol. The van der Waals surface area contributed by atoms with Crippen LogP contribution in [0.15, 0.2) is 18.2 Å². The molecule has 5 heteroatoms. The van der Waals surface area contributed by atoms with Crippen LogP contribution in [0.4, 0.5) is 0 Å². The summed E-state index contributed by atoms with van der Waals surface area (Å²) in [4.78, 5) is 0. The molecule has 4 nitrogen and oxygen atoms in total. The topological polar surface area (TPSA) is 92.5 Å². The average molecular weight is 233 g/mol. The number of rotatable bonds is 4. The molecule has 0 saturated heterocycles. The molecule has 0 bridgehead atoms. The van der Waals surface area contributed by atoms with E-state index in [1.807, 2.05) is 0 Å². The van der Waals surface area contributed by atoms with E-state index >= 15 is 0 Å². The number of nitrogens with two attached hydrogens (primary N) is 2. The fraction of sp³-hybridized carbons (Fsp3) is 0.400. The molecule has 0 aliphatic heterocycles. The van der Waals surface area contributed by atoms with Gasteiger partial charge in [0, 0.05) is 11.6 Å². The van der Waals surface area contributed by atoms with Crippen LogP contribution in [0.5, 0.6) is 11.5 Å². The summed E-state index contributed by atoms with van der Waals surface area (Å²) >= 11 is 0. The summed E-state index contributed by atoms with van der Waals surface area (Å²) in [6, 6.07) is 4.07. The van der Waals surface area contributed by atoms with Crippen LogP contribution in [-0.2, 0) is 0 Å². The summed E-state index contributed by atoms with van der Waals surface area (Å²) in [5.41, 5.74) is 11.7. The lowest BCUT2D eigenvalue weighted by atomic mass is 10.0. The van der Waals surface area contributed by atoms with E-state index in [9.17, 15) is 10.2 Å². The minimum atomic E-state index is -0.273. The molecule has 1 aromatic rings. The molecule has 0 aliphatic rings. The largest absolute Gasteiger partial charge is 0.508 e. The van der Waals surface area contributed by atoms with Gasteiger partial charge in [0.05, 0.1) is 0 Å². The maximum Gasteiger partial charge on any atom is 0.120 e. The third kappa shape index (κ3) is 3.95. The second-order valence-electron chi connectivity index (χ2n) is 3.28. The highest BCUT2D eigenvalue weighted by molar-refractivity contribution is 5.85. The maximum atomic E-state index is 9.48. The van der Waals surface area contributed by atoms with Crippen molar-refractivity contribution in [1.82, 2.24) is 0 Å². The van der Waals surface area contributed by atoms with Crippen molar-refractivity contribution in [1.29, 1.82) is 0 Å². The van der Waals surface area contributed by atoms with Crippen molar-refractivity contribution in [2.24, 2.45) is 11.5 Å². The van der Waals surface area contributed by atoms with Crippen LogP contribution in [0.25, 0.3) is 0 Å². The number of phenolic OH excluding ortho intramolecular Hbond substituents is 2. The molecule has 86 valence electrons. The quantitative estimate of drug-likeness (QED) is 0.588. The highest BCUT2D eigenvalue weighted by Crippen LogP contribution is 2.28. The van der Waals surface area contributed by atoms with Crippen LogP contribution in [0.1, 0.15) is 24.4 Å². The van der Waals surface area contributed by atoms with Crippen LogP contribution in [0.3, 0.4) is 0 Å². The van der Waals surface area contributed by atoms with Crippen molar-refractivity contribution in [3.63, 3.8) is 0 Å². The third-order valence-electron chi connectivity index (χ3n) is 2.13. The van der Waals surface area contributed by atoms with Crippen molar-refractivity contribution < 1.29 is 10.2 Å². The third-order valence-corrected chi connectivity index (χ3v) is 2.13. The van der Waals surface area contributed by atoms with Crippen LogP contribution in [0, 0.1) is 0 Å². The van der Waals surface area contributed by atoms with Crippen molar-refractivity contribution in [3.05, 3.63) is 23.8 Å². The lowest BCUT2D eigenvalue weighted by molar-refractivity contribution is 0.445. The van der Waals surface area contributed by atoms with E-state index in [-0.39, 0.29) is 29.9 Å². The molecule has 0 spiro atoms. The minimum absolute atomic E-state index is 0. The molecular formula is C10H17ClN2O2. The molecule has 1 atom stereocenters. The molecule has 0 amide bonds. The molecule has 0 unspecified atom stereocenters. The first-order valence-corrected chi connectivity index (χ1v) is 4.62. The fourth-order valence-electron chi connectivity index (χ4n) is 1.33. The first kappa shape index (κ1) is 14.0. The van der Waals surface area contributed by atoms with Gasteiger partial charge >= 0.3 is 0 Å². The van der Waals surface area contributed by atoms with Gasteiger partial charge in [-0.25, -0.2) is 0 Å². The van der Waals surface area contributed by atoms with E-state index in [2.05, 4.69) is 0 Å². The number of phenols is 2. The second kappa shape index (κ2) is 6.50. The monoisotopic (exact) mass is 232 g/mol. The van der Waals surface area contributed by atoms with Gasteiger partial charge in [-0.05, 0) is 37.6 Å². The van der Waals surface area contributed by atoms with Gasteiger partial charge in [0.25, 0.3) is 0 Å². The van der Waals surface area contributed by atoms with Crippen LogP contribution in [0.2, 0.25) is 0 Å². The van der Waals surface area contributed by atoms with Gasteiger partial charge in [-0.15, -0.1) is 12.4 Å². The summed E-state index contributed by atoms with van der Waals surface area (Å²) in [6.45, 7) is 0.577. The van der Waals surface area contributed by atoms with E-state index in [0.29, 0.717) is 18.5 Å². The minimum Gasteiger partial charge on any atom is -0.508 e. The molecule has 0 radical (unpaired) electrons. The van der Waals surface area contributed by atoms with E-state index in [0.717, 1.165) is 6.42 Å². The lowest BCUT2D eigenvalue weighted by Crippen LogP contribution is -2.12. The Balaban J connectivity index is 0.00000196. The van der Waals surface area contributed by atoms with Gasteiger partial charge in [0.2, 0.25) is 0 Å².